The molecule has 0 fully saturated rings. The lowest BCUT2D eigenvalue weighted by atomic mass is 10.4. The van der Waals surface area contributed by atoms with Crippen LogP contribution < -0.4 is 10.1 Å². The summed E-state index contributed by atoms with van der Waals surface area (Å²) in [6.45, 7) is 2.95. The van der Waals surface area contributed by atoms with Gasteiger partial charge in [0.1, 0.15) is 11.5 Å². The van der Waals surface area contributed by atoms with Crippen molar-refractivity contribution in [3.63, 3.8) is 0 Å². The summed E-state index contributed by atoms with van der Waals surface area (Å²) >= 11 is 1.39. The quantitative estimate of drug-likeness (QED) is 0.795. The van der Waals surface area contributed by atoms with Gasteiger partial charge in [-0.3, -0.25) is 4.79 Å². The average molecular weight is 307 g/mol. The second-order valence-electron chi connectivity index (χ2n) is 4.15. The number of rotatable bonds is 7. The molecule has 0 unspecified atom stereocenters. The number of carbonyl (C=O) groups excluding carboxylic acids is 1. The maximum atomic E-state index is 12.0. The van der Waals surface area contributed by atoms with E-state index in [2.05, 4.69) is 15.3 Å². The Balaban J connectivity index is 1.91. The Hall–Kier alpha value is -1.99. The maximum absolute atomic E-state index is 12.0. The summed E-state index contributed by atoms with van der Waals surface area (Å²) < 4.78 is 10.2. The molecule has 1 N–H and O–H groups in total. The molecule has 0 radical (unpaired) electrons. The molecule has 0 atom stereocenters. The fraction of sp³-hybridized carbons (Fsp3) is 0.357. The second-order valence-corrected chi connectivity index (χ2v) is 5.27. The lowest BCUT2D eigenvalue weighted by molar-refractivity contribution is 0.103. The smallest absolute Gasteiger partial charge is 0.267 e. The molecule has 2 heterocycles. The average Bonchev–Trinajstić information content (AvgIpc) is 2.98. The standard InChI is InChI=1S/C14H17N3O3S/c1-3-13-16-9-11(21-13)14(18)17-10-4-5-12(15-8-10)20-7-6-19-2/h4-5,8-9H,3,6-7H2,1-2H3,(H,17,18). The number of methoxy groups -OCH3 is 1. The number of thiazole rings is 1. The van der Waals surface area contributed by atoms with Gasteiger partial charge in [0.2, 0.25) is 5.88 Å². The number of hydrogen-bond donors (Lipinski definition) is 1. The summed E-state index contributed by atoms with van der Waals surface area (Å²) in [5.41, 5.74) is 0.616. The Kier molecular flexibility index (Phi) is 5.65. The van der Waals surface area contributed by atoms with Crippen LogP contribution in [0.15, 0.2) is 24.5 Å². The SMILES string of the molecule is CCc1ncc(C(=O)Nc2ccc(OCCOC)nc2)s1. The van der Waals surface area contributed by atoms with Crippen molar-refractivity contribution in [2.24, 2.45) is 0 Å². The molecule has 21 heavy (non-hydrogen) atoms. The van der Waals surface area contributed by atoms with Crippen molar-refractivity contribution >= 4 is 22.9 Å². The molecule has 1 amide bonds. The van der Waals surface area contributed by atoms with Crippen LogP contribution in [-0.2, 0) is 11.2 Å². The first kappa shape index (κ1) is 15.4. The minimum Gasteiger partial charge on any atom is -0.475 e. The van der Waals surface area contributed by atoms with Crippen molar-refractivity contribution in [1.82, 2.24) is 9.97 Å². The number of nitrogens with one attached hydrogen (secondary N) is 1. The molecule has 112 valence electrons. The zero-order valence-corrected chi connectivity index (χ0v) is 12.8. The molecule has 0 aliphatic carbocycles. The highest BCUT2D eigenvalue weighted by Crippen LogP contribution is 2.17. The number of nitrogens with zero attached hydrogens (tertiary/aromatic N) is 2. The number of aromatic nitrogens is 2. The van der Waals surface area contributed by atoms with E-state index in [0.29, 0.717) is 29.7 Å². The first-order valence-electron chi connectivity index (χ1n) is 6.56. The topological polar surface area (TPSA) is 73.3 Å². The summed E-state index contributed by atoms with van der Waals surface area (Å²) in [6, 6.07) is 3.45. The number of carbonyl (C=O) groups is 1. The van der Waals surface area contributed by atoms with Gasteiger partial charge in [0, 0.05) is 13.2 Å². The largest absolute Gasteiger partial charge is 0.475 e. The molecular formula is C14H17N3O3S. The van der Waals surface area contributed by atoms with Crippen LogP contribution in [-0.4, -0.2) is 36.2 Å². The van der Waals surface area contributed by atoms with E-state index in [9.17, 15) is 4.79 Å². The summed E-state index contributed by atoms with van der Waals surface area (Å²) in [7, 11) is 1.61. The second kappa shape index (κ2) is 7.70. The predicted molar refractivity (Wildman–Crippen MR) is 81.1 cm³/mol. The lowest BCUT2D eigenvalue weighted by Crippen LogP contribution is -2.10. The van der Waals surface area contributed by atoms with E-state index < -0.39 is 0 Å². The highest BCUT2D eigenvalue weighted by atomic mass is 32.1. The highest BCUT2D eigenvalue weighted by molar-refractivity contribution is 7.13. The Bertz CT molecular complexity index is 583. The van der Waals surface area contributed by atoms with E-state index in [4.69, 9.17) is 9.47 Å². The van der Waals surface area contributed by atoms with Crippen molar-refractivity contribution in [2.45, 2.75) is 13.3 Å². The van der Waals surface area contributed by atoms with E-state index in [-0.39, 0.29) is 5.91 Å². The number of hydrogen-bond acceptors (Lipinski definition) is 6. The first-order chi connectivity index (χ1) is 10.2. The number of aryl methyl sites for hydroxylation is 1. The number of amides is 1. The molecule has 2 rings (SSSR count). The van der Waals surface area contributed by atoms with Crippen molar-refractivity contribution in [3.05, 3.63) is 34.4 Å². The highest BCUT2D eigenvalue weighted by Gasteiger charge is 2.10. The van der Waals surface area contributed by atoms with Crippen molar-refractivity contribution in [3.8, 4) is 5.88 Å². The molecule has 2 aromatic rings. The zero-order chi connectivity index (χ0) is 15.1. The third kappa shape index (κ3) is 4.51. The van der Waals surface area contributed by atoms with Crippen LogP contribution >= 0.6 is 11.3 Å². The Morgan fingerprint density at radius 1 is 1.29 bits per heavy atom. The lowest BCUT2D eigenvalue weighted by Gasteiger charge is -2.06. The molecule has 7 heteroatoms. The van der Waals surface area contributed by atoms with Gasteiger partial charge in [-0.2, -0.15) is 0 Å². The fourth-order valence-electron chi connectivity index (χ4n) is 1.54. The van der Waals surface area contributed by atoms with Gasteiger partial charge in [-0.05, 0) is 12.5 Å². The van der Waals surface area contributed by atoms with E-state index in [1.54, 1.807) is 31.6 Å². The Labute approximate surface area is 127 Å². The molecule has 6 nitrogen and oxygen atoms in total. The molecule has 0 aromatic carbocycles. The number of pyridine rings is 1. The molecule has 0 saturated carbocycles. The number of anilines is 1. The van der Waals surface area contributed by atoms with Gasteiger partial charge in [-0.15, -0.1) is 11.3 Å². The summed E-state index contributed by atoms with van der Waals surface area (Å²) in [5, 5.41) is 3.72. The third-order valence-electron chi connectivity index (χ3n) is 2.61. The van der Waals surface area contributed by atoms with E-state index in [0.717, 1.165) is 11.4 Å². The van der Waals surface area contributed by atoms with Crippen molar-refractivity contribution in [1.29, 1.82) is 0 Å². The monoisotopic (exact) mass is 307 g/mol. The van der Waals surface area contributed by atoms with Crippen molar-refractivity contribution < 1.29 is 14.3 Å². The fourth-order valence-corrected chi connectivity index (χ4v) is 2.29. The van der Waals surface area contributed by atoms with Crippen LogP contribution in [0, 0.1) is 0 Å². The Morgan fingerprint density at radius 2 is 2.14 bits per heavy atom. The predicted octanol–water partition coefficient (Wildman–Crippen LogP) is 2.38. The van der Waals surface area contributed by atoms with Gasteiger partial charge in [-0.25, -0.2) is 9.97 Å². The van der Waals surface area contributed by atoms with E-state index in [1.165, 1.54) is 11.3 Å². The minimum absolute atomic E-state index is 0.179. The van der Waals surface area contributed by atoms with Crippen molar-refractivity contribution in [2.75, 3.05) is 25.6 Å². The molecule has 0 aliphatic heterocycles. The molecule has 0 saturated heterocycles. The van der Waals surface area contributed by atoms with Gasteiger partial charge in [0.15, 0.2) is 0 Å². The minimum atomic E-state index is -0.179. The number of ether oxygens (including phenoxy) is 2. The molecule has 2 aromatic heterocycles. The van der Waals surface area contributed by atoms with Crippen LogP contribution in [0.1, 0.15) is 21.6 Å². The van der Waals surface area contributed by atoms with Crippen LogP contribution in [0.3, 0.4) is 0 Å². The molecule has 0 spiro atoms. The van der Waals surface area contributed by atoms with Crippen LogP contribution in [0.5, 0.6) is 5.88 Å². The first-order valence-corrected chi connectivity index (χ1v) is 7.38. The van der Waals surface area contributed by atoms with E-state index in [1.807, 2.05) is 6.92 Å². The van der Waals surface area contributed by atoms with E-state index >= 15 is 0 Å². The summed E-state index contributed by atoms with van der Waals surface area (Å²) in [6.07, 6.45) is 3.98. The summed E-state index contributed by atoms with van der Waals surface area (Å²) in [4.78, 5) is 20.9. The zero-order valence-electron chi connectivity index (χ0n) is 12.0. The third-order valence-corrected chi connectivity index (χ3v) is 3.75. The van der Waals surface area contributed by atoms with Gasteiger partial charge in [0.25, 0.3) is 5.91 Å². The molecule has 0 bridgehead atoms. The van der Waals surface area contributed by atoms with Gasteiger partial charge in [0.05, 0.1) is 29.7 Å². The van der Waals surface area contributed by atoms with Gasteiger partial charge in [-0.1, -0.05) is 6.92 Å². The molecule has 0 aliphatic rings. The Morgan fingerprint density at radius 3 is 2.76 bits per heavy atom. The maximum Gasteiger partial charge on any atom is 0.267 e. The van der Waals surface area contributed by atoms with Gasteiger partial charge >= 0.3 is 0 Å². The van der Waals surface area contributed by atoms with Gasteiger partial charge < -0.3 is 14.8 Å². The van der Waals surface area contributed by atoms with Crippen LogP contribution in [0.4, 0.5) is 5.69 Å². The normalized spacial score (nSPS) is 10.4. The summed E-state index contributed by atoms with van der Waals surface area (Å²) in [5.74, 6) is 0.318. The molecular weight excluding hydrogens is 290 g/mol. The van der Waals surface area contributed by atoms with Crippen LogP contribution in [0.2, 0.25) is 0 Å². The van der Waals surface area contributed by atoms with Crippen LogP contribution in [0.25, 0.3) is 0 Å².